The van der Waals surface area contributed by atoms with E-state index in [0.717, 1.165) is 0 Å². The molecule has 1 fully saturated rings. The predicted octanol–water partition coefficient (Wildman–Crippen LogP) is 4.43. The van der Waals surface area contributed by atoms with Crippen molar-refractivity contribution < 1.29 is 14.8 Å². The molecule has 3 rings (SSSR count). The van der Waals surface area contributed by atoms with Crippen LogP contribution in [0, 0.1) is 17.0 Å². The lowest BCUT2D eigenvalue weighted by Crippen LogP contribution is -2.57. The number of alkyl halides is 1. The van der Waals surface area contributed by atoms with Gasteiger partial charge in [-0.15, -0.1) is 11.6 Å². The van der Waals surface area contributed by atoms with E-state index in [1.165, 1.54) is 11.0 Å². The Morgan fingerprint density at radius 2 is 1.92 bits per heavy atom. The maximum absolute atomic E-state index is 12.5. The molecule has 1 aliphatic rings. The molecule has 1 saturated heterocycles. The Morgan fingerprint density at radius 1 is 1.27 bits per heavy atom. The summed E-state index contributed by atoms with van der Waals surface area (Å²) in [7, 11) is 0. The van der Waals surface area contributed by atoms with Crippen molar-refractivity contribution in [2.75, 3.05) is 4.90 Å². The van der Waals surface area contributed by atoms with Gasteiger partial charge in [0.15, 0.2) is 0 Å². The van der Waals surface area contributed by atoms with Crippen molar-refractivity contribution in [3.63, 3.8) is 0 Å². The minimum absolute atomic E-state index is 0.0574. The third kappa shape index (κ3) is 2.80. The van der Waals surface area contributed by atoms with E-state index >= 15 is 0 Å². The number of aryl methyl sites for hydroxylation is 1. The Kier molecular flexibility index (Phi) is 4.63. The zero-order valence-electron chi connectivity index (χ0n) is 14.6. The largest absolute Gasteiger partial charge is 0.508 e. The summed E-state index contributed by atoms with van der Waals surface area (Å²) >= 11 is 6.24. The van der Waals surface area contributed by atoms with Crippen LogP contribution in [0.5, 0.6) is 5.75 Å². The van der Waals surface area contributed by atoms with Crippen molar-refractivity contribution in [2.24, 2.45) is 0 Å². The lowest BCUT2D eigenvalue weighted by atomic mass is 9.89. The zero-order chi connectivity index (χ0) is 19.2. The highest BCUT2D eigenvalue weighted by atomic mass is 35.5. The number of nitro benzene ring substituents is 1. The minimum atomic E-state index is -0.869. The highest BCUT2D eigenvalue weighted by Crippen LogP contribution is 2.47. The molecule has 1 amide bonds. The molecule has 1 heterocycles. The van der Waals surface area contributed by atoms with Gasteiger partial charge < -0.3 is 10.0 Å². The van der Waals surface area contributed by atoms with E-state index < -0.39 is 16.3 Å². The number of anilines is 1. The summed E-state index contributed by atoms with van der Waals surface area (Å²) in [6, 6.07) is 9.04. The number of aromatic hydroxyl groups is 1. The Labute approximate surface area is 156 Å². The predicted molar refractivity (Wildman–Crippen MR) is 99.9 cm³/mol. The monoisotopic (exact) mass is 374 g/mol. The lowest BCUT2D eigenvalue weighted by Gasteiger charge is -2.45. The number of phenols is 1. The molecule has 2 aromatic rings. The minimum Gasteiger partial charge on any atom is -0.508 e. The van der Waals surface area contributed by atoms with Crippen LogP contribution < -0.4 is 4.90 Å². The standard InChI is InChI=1S/C19H19ClN2O4/c1-10(2)13-9-15(11(3)8-16(13)23)21-18(17(20)19(21)24)12-6-4-5-7-14(12)22(25)26/h4-10,17-18,23H,1-3H3. The quantitative estimate of drug-likeness (QED) is 0.371. The average molecular weight is 375 g/mol. The van der Waals surface area contributed by atoms with E-state index in [1.807, 2.05) is 13.8 Å². The molecule has 0 aliphatic carbocycles. The first kappa shape index (κ1) is 18.2. The van der Waals surface area contributed by atoms with E-state index in [0.29, 0.717) is 22.4 Å². The summed E-state index contributed by atoms with van der Waals surface area (Å²) in [5.74, 6) is -0.0840. The third-order valence-electron chi connectivity index (χ3n) is 4.71. The first-order valence-electron chi connectivity index (χ1n) is 8.28. The third-order valence-corrected chi connectivity index (χ3v) is 5.13. The molecule has 26 heavy (non-hydrogen) atoms. The normalized spacial score (nSPS) is 19.6. The van der Waals surface area contributed by atoms with Gasteiger partial charge in [-0.2, -0.15) is 0 Å². The van der Waals surface area contributed by atoms with Gasteiger partial charge in [-0.1, -0.05) is 26.0 Å². The smallest absolute Gasteiger partial charge is 0.274 e. The Balaban J connectivity index is 2.12. The average Bonchev–Trinajstić information content (AvgIpc) is 2.59. The lowest BCUT2D eigenvalue weighted by molar-refractivity contribution is -0.385. The van der Waals surface area contributed by atoms with Crippen LogP contribution in [0.2, 0.25) is 0 Å². The SMILES string of the molecule is Cc1cc(O)c(C(C)C)cc1N1C(=O)C(Cl)C1c1ccccc1[N+](=O)[O-]. The van der Waals surface area contributed by atoms with Gasteiger partial charge in [-0.05, 0) is 42.2 Å². The van der Waals surface area contributed by atoms with Gasteiger partial charge in [0.25, 0.3) is 5.69 Å². The van der Waals surface area contributed by atoms with Crippen molar-refractivity contribution in [3.8, 4) is 5.75 Å². The number of halogens is 1. The molecule has 0 spiro atoms. The molecule has 7 heteroatoms. The molecular formula is C19H19ClN2O4. The fraction of sp³-hybridized carbons (Fsp3) is 0.316. The first-order chi connectivity index (χ1) is 12.2. The van der Waals surface area contributed by atoms with Gasteiger partial charge >= 0.3 is 0 Å². The number of benzene rings is 2. The maximum atomic E-state index is 12.5. The fourth-order valence-corrected chi connectivity index (χ4v) is 3.70. The number of carbonyl (C=O) groups excluding carboxylic acids is 1. The number of rotatable bonds is 4. The fourth-order valence-electron chi connectivity index (χ4n) is 3.34. The van der Waals surface area contributed by atoms with Crippen molar-refractivity contribution in [1.29, 1.82) is 0 Å². The van der Waals surface area contributed by atoms with Gasteiger partial charge in [0.2, 0.25) is 5.91 Å². The van der Waals surface area contributed by atoms with Gasteiger partial charge in [0.1, 0.15) is 11.1 Å². The van der Waals surface area contributed by atoms with E-state index in [-0.39, 0.29) is 23.3 Å². The second-order valence-electron chi connectivity index (χ2n) is 6.72. The Hall–Kier alpha value is -2.60. The van der Waals surface area contributed by atoms with Crippen molar-refractivity contribution in [3.05, 3.63) is 63.2 Å². The molecule has 0 saturated carbocycles. The van der Waals surface area contributed by atoms with Crippen molar-refractivity contribution in [2.45, 2.75) is 38.1 Å². The van der Waals surface area contributed by atoms with Crippen LogP contribution >= 0.6 is 11.6 Å². The van der Waals surface area contributed by atoms with Gasteiger partial charge in [0, 0.05) is 11.8 Å². The molecule has 0 radical (unpaired) electrons. The summed E-state index contributed by atoms with van der Waals surface area (Å²) < 4.78 is 0. The number of nitro groups is 1. The second-order valence-corrected chi connectivity index (χ2v) is 7.19. The van der Waals surface area contributed by atoms with E-state index in [2.05, 4.69) is 0 Å². The van der Waals surface area contributed by atoms with E-state index in [1.54, 1.807) is 37.3 Å². The molecule has 136 valence electrons. The van der Waals surface area contributed by atoms with Gasteiger partial charge in [-0.3, -0.25) is 14.9 Å². The summed E-state index contributed by atoms with van der Waals surface area (Å²) in [6.45, 7) is 5.66. The number of hydrogen-bond donors (Lipinski definition) is 1. The van der Waals surface area contributed by atoms with Crippen LogP contribution in [-0.2, 0) is 4.79 Å². The van der Waals surface area contributed by atoms with Crippen LogP contribution in [-0.4, -0.2) is 21.3 Å². The molecule has 0 bridgehead atoms. The van der Waals surface area contributed by atoms with Crippen LogP contribution in [0.25, 0.3) is 0 Å². The van der Waals surface area contributed by atoms with Crippen LogP contribution in [0.15, 0.2) is 36.4 Å². The van der Waals surface area contributed by atoms with Crippen molar-refractivity contribution in [1.82, 2.24) is 0 Å². The summed E-state index contributed by atoms with van der Waals surface area (Å²) in [4.78, 5) is 24.9. The number of para-hydroxylation sites is 1. The molecule has 6 nitrogen and oxygen atoms in total. The van der Waals surface area contributed by atoms with Crippen LogP contribution in [0.1, 0.15) is 42.5 Å². The van der Waals surface area contributed by atoms with E-state index in [4.69, 9.17) is 11.6 Å². The number of hydrogen-bond acceptors (Lipinski definition) is 4. The molecule has 0 aromatic heterocycles. The molecule has 2 unspecified atom stereocenters. The second kappa shape index (κ2) is 6.61. The summed E-state index contributed by atoms with van der Waals surface area (Å²) in [5.41, 5.74) is 2.35. The molecule has 1 aliphatic heterocycles. The van der Waals surface area contributed by atoms with Gasteiger partial charge in [-0.25, -0.2) is 0 Å². The number of amides is 1. The number of phenolic OH excluding ortho intramolecular Hbond substituents is 1. The number of β-lactam (4-membered cyclic amide) rings is 1. The first-order valence-corrected chi connectivity index (χ1v) is 8.71. The Morgan fingerprint density at radius 3 is 2.54 bits per heavy atom. The summed E-state index contributed by atoms with van der Waals surface area (Å²) in [6.07, 6.45) is 0. The topological polar surface area (TPSA) is 83.7 Å². The zero-order valence-corrected chi connectivity index (χ0v) is 15.4. The molecular weight excluding hydrogens is 356 g/mol. The van der Waals surface area contributed by atoms with Crippen molar-refractivity contribution >= 4 is 28.9 Å². The number of nitrogens with zero attached hydrogens (tertiary/aromatic N) is 2. The molecule has 2 aromatic carbocycles. The maximum Gasteiger partial charge on any atom is 0.274 e. The Bertz CT molecular complexity index is 897. The van der Waals surface area contributed by atoms with E-state index in [9.17, 15) is 20.0 Å². The van der Waals surface area contributed by atoms with Gasteiger partial charge in [0.05, 0.1) is 16.5 Å². The summed E-state index contributed by atoms with van der Waals surface area (Å²) in [5, 5.41) is 20.7. The molecule has 1 N–H and O–H groups in total. The number of carbonyl (C=O) groups is 1. The molecule has 2 atom stereocenters. The highest BCUT2D eigenvalue weighted by Gasteiger charge is 2.50. The van der Waals surface area contributed by atoms with Crippen LogP contribution in [0.3, 0.4) is 0 Å². The highest BCUT2D eigenvalue weighted by molar-refractivity contribution is 6.37. The van der Waals surface area contributed by atoms with Crippen LogP contribution in [0.4, 0.5) is 11.4 Å².